The molecule has 1 aliphatic rings. The summed E-state index contributed by atoms with van der Waals surface area (Å²) in [6.07, 6.45) is 1.27. The molecule has 11 heteroatoms. The number of aliphatic hydroxyl groups excluding tert-OH is 1. The summed E-state index contributed by atoms with van der Waals surface area (Å²) in [7, 11) is 1.38. The standard InChI is InChI=1S/C24H33N5O6/c1-18-6-7-20(16-25-18)26-23(31)27-21-5-3-4-19(22(21)35-15-14-34-13-12-30)17-28-8-10-29(11-9-28)24(32)33-2/h3-7,16,30H,8-15,17H2,1-2H3,(H2,26,27,31). The first kappa shape index (κ1) is 26.2. The SMILES string of the molecule is COC(=O)N1CCN(Cc2cccc(NC(=O)Nc3ccc(C)nc3)c2OCCOCCO)CC1. The van der Waals surface area contributed by atoms with Crippen molar-refractivity contribution in [3.8, 4) is 5.75 Å². The van der Waals surface area contributed by atoms with Crippen LogP contribution in [0.4, 0.5) is 21.0 Å². The number of benzene rings is 1. The number of carbonyl (C=O) groups is 2. The molecule has 11 nitrogen and oxygen atoms in total. The lowest BCUT2D eigenvalue weighted by molar-refractivity contribution is 0.0697. The van der Waals surface area contributed by atoms with Gasteiger partial charge in [-0.1, -0.05) is 12.1 Å². The van der Waals surface area contributed by atoms with Crippen LogP contribution in [0.25, 0.3) is 0 Å². The molecule has 0 radical (unpaired) electrons. The van der Waals surface area contributed by atoms with Crippen molar-refractivity contribution in [3.63, 3.8) is 0 Å². The molecule has 2 aromatic rings. The molecule has 3 amide bonds. The molecule has 0 unspecified atom stereocenters. The molecule has 1 saturated heterocycles. The number of anilines is 2. The van der Waals surface area contributed by atoms with Gasteiger partial charge in [-0.05, 0) is 25.1 Å². The fraction of sp³-hybridized carbons (Fsp3) is 0.458. The summed E-state index contributed by atoms with van der Waals surface area (Å²) in [6.45, 7) is 5.70. The number of methoxy groups -OCH3 is 1. The third kappa shape index (κ3) is 8.09. The highest BCUT2D eigenvalue weighted by Crippen LogP contribution is 2.31. The van der Waals surface area contributed by atoms with E-state index in [9.17, 15) is 9.59 Å². The molecular weight excluding hydrogens is 454 g/mol. The number of ether oxygens (including phenoxy) is 3. The Morgan fingerprint density at radius 3 is 2.54 bits per heavy atom. The van der Waals surface area contributed by atoms with Crippen LogP contribution in [0, 0.1) is 6.92 Å². The highest BCUT2D eigenvalue weighted by molar-refractivity contribution is 6.00. The van der Waals surface area contributed by atoms with E-state index >= 15 is 0 Å². The van der Waals surface area contributed by atoms with Gasteiger partial charge in [0, 0.05) is 44.0 Å². The summed E-state index contributed by atoms with van der Waals surface area (Å²) < 4.78 is 16.1. The molecule has 1 fully saturated rings. The molecule has 2 heterocycles. The van der Waals surface area contributed by atoms with Gasteiger partial charge in [-0.3, -0.25) is 9.88 Å². The minimum Gasteiger partial charge on any atom is -0.489 e. The topological polar surface area (TPSA) is 125 Å². The van der Waals surface area contributed by atoms with Crippen LogP contribution in [0.3, 0.4) is 0 Å². The number of aryl methyl sites for hydroxylation is 1. The van der Waals surface area contributed by atoms with E-state index in [0.29, 0.717) is 56.5 Å². The minimum absolute atomic E-state index is 0.0605. The molecule has 35 heavy (non-hydrogen) atoms. The first-order valence-electron chi connectivity index (χ1n) is 11.5. The van der Waals surface area contributed by atoms with Gasteiger partial charge in [0.05, 0.1) is 44.5 Å². The fourth-order valence-corrected chi connectivity index (χ4v) is 3.63. The Bertz CT molecular complexity index is 963. The second-order valence-electron chi connectivity index (χ2n) is 7.98. The second-order valence-corrected chi connectivity index (χ2v) is 7.98. The summed E-state index contributed by atoms with van der Waals surface area (Å²) in [4.78, 5) is 32.5. The number of aliphatic hydroxyl groups is 1. The molecule has 1 aromatic heterocycles. The number of rotatable bonds is 10. The Morgan fingerprint density at radius 2 is 1.86 bits per heavy atom. The van der Waals surface area contributed by atoms with Crippen molar-refractivity contribution in [2.45, 2.75) is 13.5 Å². The zero-order chi connectivity index (χ0) is 25.0. The Hall–Kier alpha value is -3.41. The highest BCUT2D eigenvalue weighted by atomic mass is 16.5. The summed E-state index contributed by atoms with van der Waals surface area (Å²) in [6, 6.07) is 8.76. The average molecular weight is 488 g/mol. The van der Waals surface area contributed by atoms with E-state index in [1.165, 1.54) is 7.11 Å². The van der Waals surface area contributed by atoms with Gasteiger partial charge >= 0.3 is 12.1 Å². The van der Waals surface area contributed by atoms with Crippen LogP contribution in [0.5, 0.6) is 5.75 Å². The number of hydrogen-bond acceptors (Lipinski definition) is 8. The fourth-order valence-electron chi connectivity index (χ4n) is 3.63. The van der Waals surface area contributed by atoms with Gasteiger partial charge in [-0.25, -0.2) is 9.59 Å². The third-order valence-corrected chi connectivity index (χ3v) is 5.42. The lowest BCUT2D eigenvalue weighted by Gasteiger charge is -2.34. The maximum Gasteiger partial charge on any atom is 0.409 e. The van der Waals surface area contributed by atoms with Gasteiger partial charge in [0.2, 0.25) is 0 Å². The van der Waals surface area contributed by atoms with Crippen LogP contribution >= 0.6 is 0 Å². The van der Waals surface area contributed by atoms with Crippen LogP contribution in [-0.2, 0) is 16.0 Å². The Balaban J connectivity index is 1.69. The maximum absolute atomic E-state index is 12.6. The molecule has 1 aromatic carbocycles. The summed E-state index contributed by atoms with van der Waals surface area (Å²) >= 11 is 0. The lowest BCUT2D eigenvalue weighted by Crippen LogP contribution is -2.48. The zero-order valence-electron chi connectivity index (χ0n) is 20.2. The van der Waals surface area contributed by atoms with Gasteiger partial charge in [0.25, 0.3) is 0 Å². The van der Waals surface area contributed by atoms with Crippen molar-refractivity contribution in [3.05, 3.63) is 47.8 Å². The monoisotopic (exact) mass is 487 g/mol. The predicted octanol–water partition coefficient (Wildman–Crippen LogP) is 2.31. The number of nitrogens with zero attached hydrogens (tertiary/aromatic N) is 3. The normalized spacial score (nSPS) is 13.9. The van der Waals surface area contributed by atoms with E-state index in [0.717, 1.165) is 11.3 Å². The van der Waals surface area contributed by atoms with Crippen LogP contribution in [-0.4, -0.2) is 91.7 Å². The predicted molar refractivity (Wildman–Crippen MR) is 131 cm³/mol. The first-order valence-corrected chi connectivity index (χ1v) is 11.5. The van der Waals surface area contributed by atoms with Gasteiger partial charge < -0.3 is 34.9 Å². The van der Waals surface area contributed by atoms with E-state index < -0.39 is 6.03 Å². The van der Waals surface area contributed by atoms with Gasteiger partial charge in [0.1, 0.15) is 12.4 Å². The number of amides is 3. The molecule has 3 rings (SSSR count). The molecule has 0 saturated carbocycles. The lowest BCUT2D eigenvalue weighted by atomic mass is 10.1. The maximum atomic E-state index is 12.6. The van der Waals surface area contributed by atoms with Crippen molar-refractivity contribution in [1.29, 1.82) is 0 Å². The number of para-hydroxylation sites is 1. The van der Waals surface area contributed by atoms with Crippen LogP contribution in [0.1, 0.15) is 11.3 Å². The molecule has 0 spiro atoms. The van der Waals surface area contributed by atoms with Crippen molar-refractivity contribution in [2.24, 2.45) is 0 Å². The quantitative estimate of drug-likeness (QED) is 0.436. The smallest absolute Gasteiger partial charge is 0.409 e. The van der Waals surface area contributed by atoms with Crippen LogP contribution in [0.2, 0.25) is 0 Å². The molecule has 3 N–H and O–H groups in total. The first-order chi connectivity index (χ1) is 17.0. The third-order valence-electron chi connectivity index (χ3n) is 5.42. The number of pyridine rings is 1. The number of nitrogens with one attached hydrogen (secondary N) is 2. The number of hydrogen-bond donors (Lipinski definition) is 3. The molecular formula is C24H33N5O6. The average Bonchev–Trinajstić information content (AvgIpc) is 2.86. The van der Waals surface area contributed by atoms with Gasteiger partial charge in [-0.2, -0.15) is 0 Å². The van der Waals surface area contributed by atoms with Gasteiger partial charge in [0.15, 0.2) is 0 Å². The van der Waals surface area contributed by atoms with Gasteiger partial charge in [-0.15, -0.1) is 0 Å². The number of piperazine rings is 1. The number of urea groups is 1. The summed E-state index contributed by atoms with van der Waals surface area (Å²) in [5.74, 6) is 0.549. The highest BCUT2D eigenvalue weighted by Gasteiger charge is 2.23. The van der Waals surface area contributed by atoms with E-state index in [4.69, 9.17) is 19.3 Å². The Kier molecular flexibility index (Phi) is 10.1. The number of aromatic nitrogens is 1. The Morgan fingerprint density at radius 1 is 1.06 bits per heavy atom. The molecule has 0 atom stereocenters. The van der Waals surface area contributed by atoms with Crippen LogP contribution in [0.15, 0.2) is 36.5 Å². The number of carbonyl (C=O) groups excluding carboxylic acids is 2. The second kappa shape index (κ2) is 13.5. The van der Waals surface area contributed by atoms with Crippen molar-refractivity contribution < 1.29 is 28.9 Å². The molecule has 0 bridgehead atoms. The van der Waals surface area contributed by atoms with Crippen molar-refractivity contribution in [1.82, 2.24) is 14.8 Å². The largest absolute Gasteiger partial charge is 0.489 e. The summed E-state index contributed by atoms with van der Waals surface area (Å²) in [5, 5.41) is 14.5. The van der Waals surface area contributed by atoms with Crippen molar-refractivity contribution in [2.75, 3.05) is 70.3 Å². The van der Waals surface area contributed by atoms with E-state index in [1.807, 2.05) is 25.1 Å². The molecule has 190 valence electrons. The summed E-state index contributed by atoms with van der Waals surface area (Å²) in [5.41, 5.74) is 2.85. The zero-order valence-corrected chi connectivity index (χ0v) is 20.2. The van der Waals surface area contributed by atoms with E-state index in [1.54, 1.807) is 23.2 Å². The van der Waals surface area contributed by atoms with E-state index in [-0.39, 0.29) is 25.9 Å². The molecule has 1 aliphatic heterocycles. The van der Waals surface area contributed by atoms with Crippen LogP contribution < -0.4 is 15.4 Å². The molecule has 0 aliphatic carbocycles. The van der Waals surface area contributed by atoms with E-state index in [2.05, 4.69) is 20.5 Å². The Labute approximate surface area is 205 Å². The van der Waals surface area contributed by atoms with Crippen molar-refractivity contribution >= 4 is 23.5 Å². The minimum atomic E-state index is -0.416.